The van der Waals surface area contributed by atoms with Crippen LogP contribution in [0.2, 0.25) is 0 Å². The average Bonchev–Trinajstić information content (AvgIpc) is 2.22. The first-order valence-electron chi connectivity index (χ1n) is 6.57. The van der Waals surface area contributed by atoms with Crippen molar-refractivity contribution in [1.82, 2.24) is 14.7 Å². The molecule has 1 rings (SSSR count). The summed E-state index contributed by atoms with van der Waals surface area (Å²) in [5.41, 5.74) is 0.296. The smallest absolute Gasteiger partial charge is 0.209 e. The topological polar surface area (TPSA) is 84.0 Å². The van der Waals surface area contributed by atoms with E-state index in [9.17, 15) is 8.42 Å². The van der Waals surface area contributed by atoms with Crippen LogP contribution in [0.5, 0.6) is 0 Å². The normalized spacial score (nSPS) is 12.8. The molecule has 0 saturated heterocycles. The highest BCUT2D eigenvalue weighted by Crippen LogP contribution is 2.14. The summed E-state index contributed by atoms with van der Waals surface area (Å²) < 4.78 is 25.2. The van der Waals surface area contributed by atoms with Gasteiger partial charge in [0, 0.05) is 29.8 Å². The Labute approximate surface area is 121 Å². The van der Waals surface area contributed by atoms with Crippen LogP contribution in [0, 0.1) is 6.92 Å². The van der Waals surface area contributed by atoms with Crippen molar-refractivity contribution in [3.05, 3.63) is 17.6 Å². The maximum atomic E-state index is 11.3. The summed E-state index contributed by atoms with van der Waals surface area (Å²) in [7, 11) is -3.24. The first-order valence-corrected chi connectivity index (χ1v) is 8.46. The van der Waals surface area contributed by atoms with E-state index >= 15 is 0 Å². The molecule has 0 aliphatic heterocycles. The molecular weight excluding hydrogens is 276 g/mol. The zero-order chi connectivity index (χ0) is 15.6. The molecule has 0 unspecified atom stereocenters. The fourth-order valence-corrected chi connectivity index (χ4v) is 2.87. The van der Waals surface area contributed by atoms with Crippen LogP contribution in [0.4, 0.5) is 5.82 Å². The molecule has 1 aromatic rings. The van der Waals surface area contributed by atoms with Crippen molar-refractivity contribution in [2.45, 2.75) is 46.1 Å². The second-order valence-electron chi connectivity index (χ2n) is 6.02. The number of hydrogen-bond donors (Lipinski definition) is 2. The van der Waals surface area contributed by atoms with Gasteiger partial charge in [-0.05, 0) is 20.8 Å². The molecule has 0 amide bonds. The molecule has 0 aliphatic rings. The molecule has 0 fully saturated rings. The van der Waals surface area contributed by atoms with E-state index in [4.69, 9.17) is 0 Å². The van der Waals surface area contributed by atoms with E-state index in [1.165, 1.54) is 0 Å². The highest BCUT2D eigenvalue weighted by molar-refractivity contribution is 7.88. The third-order valence-corrected chi connectivity index (χ3v) is 3.48. The van der Waals surface area contributed by atoms with Crippen LogP contribution in [0.25, 0.3) is 0 Å². The minimum atomic E-state index is -3.24. The predicted molar refractivity (Wildman–Crippen MR) is 81.4 cm³/mol. The lowest BCUT2D eigenvalue weighted by Crippen LogP contribution is -2.47. The molecule has 2 N–H and O–H groups in total. The quantitative estimate of drug-likeness (QED) is 0.834. The van der Waals surface area contributed by atoms with Gasteiger partial charge >= 0.3 is 0 Å². The molecule has 1 aromatic heterocycles. The fourth-order valence-electron chi connectivity index (χ4n) is 1.79. The molecule has 0 radical (unpaired) electrons. The molecule has 0 aliphatic carbocycles. The minimum Gasteiger partial charge on any atom is -0.368 e. The first-order chi connectivity index (χ1) is 8.98. The van der Waals surface area contributed by atoms with Crippen molar-refractivity contribution in [3.8, 4) is 0 Å². The Hall–Kier alpha value is -1.21. The average molecular weight is 300 g/mol. The monoisotopic (exact) mass is 300 g/mol. The number of anilines is 1. The number of hydrogen-bond acceptors (Lipinski definition) is 5. The Kier molecular flexibility index (Phi) is 5.10. The van der Waals surface area contributed by atoms with Crippen molar-refractivity contribution in [3.63, 3.8) is 0 Å². The Morgan fingerprint density at radius 2 is 1.90 bits per heavy atom. The minimum absolute atomic E-state index is 0.248. The van der Waals surface area contributed by atoms with Crippen molar-refractivity contribution in [1.29, 1.82) is 0 Å². The van der Waals surface area contributed by atoms with Crippen LogP contribution in [-0.4, -0.2) is 36.7 Å². The highest BCUT2D eigenvalue weighted by atomic mass is 32.2. The number of nitrogens with zero attached hydrogens (tertiary/aromatic N) is 2. The number of nitrogens with one attached hydrogen (secondary N) is 2. The molecule has 0 aromatic carbocycles. The Morgan fingerprint density at radius 1 is 1.30 bits per heavy atom. The molecule has 0 atom stereocenters. The summed E-state index contributed by atoms with van der Waals surface area (Å²) in [6, 6.07) is 1.85. The summed E-state index contributed by atoms with van der Waals surface area (Å²) in [4.78, 5) is 8.81. The van der Waals surface area contributed by atoms with E-state index in [-0.39, 0.29) is 5.92 Å². The Balaban J connectivity index is 2.79. The number of aromatic nitrogens is 2. The van der Waals surface area contributed by atoms with Crippen LogP contribution in [0.3, 0.4) is 0 Å². The zero-order valence-electron chi connectivity index (χ0n) is 13.0. The van der Waals surface area contributed by atoms with Crippen LogP contribution >= 0.6 is 0 Å². The van der Waals surface area contributed by atoms with Crippen LogP contribution in [0.15, 0.2) is 6.07 Å². The lowest BCUT2D eigenvalue weighted by atomic mass is 10.1. The zero-order valence-corrected chi connectivity index (χ0v) is 13.8. The molecule has 0 spiro atoms. The SMILES string of the molecule is Cc1cc(NCC(C)(C)NS(C)(=O)=O)nc(C(C)C)n1. The Bertz CT molecular complexity index is 568. The maximum Gasteiger partial charge on any atom is 0.209 e. The highest BCUT2D eigenvalue weighted by Gasteiger charge is 2.22. The van der Waals surface area contributed by atoms with Gasteiger partial charge in [0.1, 0.15) is 11.6 Å². The lowest BCUT2D eigenvalue weighted by Gasteiger charge is -2.25. The van der Waals surface area contributed by atoms with Gasteiger partial charge in [0.05, 0.1) is 6.26 Å². The lowest BCUT2D eigenvalue weighted by molar-refractivity contribution is 0.475. The van der Waals surface area contributed by atoms with Gasteiger partial charge in [-0.2, -0.15) is 0 Å². The second-order valence-corrected chi connectivity index (χ2v) is 7.77. The standard InChI is InChI=1S/C13H24N4O2S/c1-9(2)12-15-10(3)7-11(16-12)14-8-13(4,5)17-20(6,18)19/h7,9,17H,8H2,1-6H3,(H,14,15,16). The van der Waals surface area contributed by atoms with Crippen molar-refractivity contribution in [2.75, 3.05) is 18.1 Å². The van der Waals surface area contributed by atoms with Crippen LogP contribution in [0.1, 0.15) is 45.1 Å². The van der Waals surface area contributed by atoms with Gasteiger partial charge in [0.2, 0.25) is 10.0 Å². The van der Waals surface area contributed by atoms with Gasteiger partial charge in [0.25, 0.3) is 0 Å². The van der Waals surface area contributed by atoms with Crippen molar-refractivity contribution >= 4 is 15.8 Å². The van der Waals surface area contributed by atoms with E-state index in [1.54, 1.807) is 0 Å². The number of rotatable bonds is 6. The maximum absolute atomic E-state index is 11.3. The number of aryl methyl sites for hydroxylation is 1. The van der Waals surface area contributed by atoms with E-state index < -0.39 is 15.6 Å². The van der Waals surface area contributed by atoms with E-state index in [2.05, 4.69) is 20.0 Å². The summed E-state index contributed by atoms with van der Waals surface area (Å²) in [5.74, 6) is 1.74. The fraction of sp³-hybridized carbons (Fsp3) is 0.692. The second kappa shape index (κ2) is 6.05. The Morgan fingerprint density at radius 3 is 2.40 bits per heavy atom. The molecule has 20 heavy (non-hydrogen) atoms. The van der Waals surface area contributed by atoms with E-state index in [0.717, 1.165) is 17.8 Å². The van der Waals surface area contributed by atoms with Crippen molar-refractivity contribution < 1.29 is 8.42 Å². The van der Waals surface area contributed by atoms with Crippen molar-refractivity contribution in [2.24, 2.45) is 0 Å². The largest absolute Gasteiger partial charge is 0.368 e. The van der Waals surface area contributed by atoms with Gasteiger partial charge in [-0.1, -0.05) is 13.8 Å². The van der Waals surface area contributed by atoms with Gasteiger partial charge in [-0.3, -0.25) is 0 Å². The molecular formula is C13H24N4O2S. The van der Waals surface area contributed by atoms with E-state index in [1.807, 2.05) is 40.7 Å². The van der Waals surface area contributed by atoms with Crippen LogP contribution in [-0.2, 0) is 10.0 Å². The molecule has 1 heterocycles. The van der Waals surface area contributed by atoms with Crippen LogP contribution < -0.4 is 10.0 Å². The molecule has 6 nitrogen and oxygen atoms in total. The van der Waals surface area contributed by atoms with Gasteiger partial charge in [-0.25, -0.2) is 23.1 Å². The third kappa shape index (κ3) is 5.83. The van der Waals surface area contributed by atoms with Gasteiger partial charge < -0.3 is 5.32 Å². The number of sulfonamides is 1. The molecule has 0 bridgehead atoms. The molecule has 114 valence electrons. The van der Waals surface area contributed by atoms with Gasteiger partial charge in [-0.15, -0.1) is 0 Å². The third-order valence-electron chi connectivity index (χ3n) is 2.56. The van der Waals surface area contributed by atoms with Gasteiger partial charge in [0.15, 0.2) is 0 Å². The van der Waals surface area contributed by atoms with E-state index in [0.29, 0.717) is 12.4 Å². The predicted octanol–water partition coefficient (Wildman–Crippen LogP) is 1.65. The molecule has 0 saturated carbocycles. The summed E-state index contributed by atoms with van der Waals surface area (Å²) in [5, 5.41) is 3.17. The first kappa shape index (κ1) is 16.8. The molecule has 7 heteroatoms. The summed E-state index contributed by atoms with van der Waals surface area (Å²) in [6.07, 6.45) is 1.15. The summed E-state index contributed by atoms with van der Waals surface area (Å²) in [6.45, 7) is 10.1. The summed E-state index contributed by atoms with van der Waals surface area (Å²) >= 11 is 0.